The Morgan fingerprint density at radius 3 is 1.81 bits per heavy atom. The number of carboxylic acid groups (broad SMARTS) is 1. The predicted molar refractivity (Wildman–Crippen MR) is 236 cm³/mol. The Labute approximate surface area is 355 Å². The molecule has 0 aliphatic carbocycles. The summed E-state index contributed by atoms with van der Waals surface area (Å²) in [4.78, 5) is 45.9. The van der Waals surface area contributed by atoms with Gasteiger partial charge in [0.1, 0.15) is 12.6 Å². The van der Waals surface area contributed by atoms with Gasteiger partial charge >= 0.3 is 25.7 Å². The van der Waals surface area contributed by atoms with Crippen LogP contribution in [-0.2, 0) is 37.5 Å². The minimum atomic E-state index is -4.76. The highest BCUT2D eigenvalue weighted by Crippen LogP contribution is 2.43. The summed E-state index contributed by atoms with van der Waals surface area (Å²) in [5.41, 5.74) is 5.32. The maximum atomic E-state index is 12.6. The van der Waals surface area contributed by atoms with Gasteiger partial charge in [-0.05, 0) is 70.6 Å². The maximum absolute atomic E-state index is 12.6. The molecule has 0 radical (unpaired) electrons. The molecule has 0 aromatic heterocycles. The third-order valence-corrected chi connectivity index (χ3v) is 9.67. The van der Waals surface area contributed by atoms with E-state index in [0.29, 0.717) is 19.3 Å². The number of esters is 2. The fourth-order valence-corrected chi connectivity index (χ4v) is 6.06. The number of carbonyl (C=O) groups excluding carboxylic acids is 2. The highest BCUT2D eigenvalue weighted by atomic mass is 31.2. The molecule has 0 aromatic rings. The van der Waals surface area contributed by atoms with Gasteiger partial charge in [-0.25, -0.2) is 4.57 Å². The van der Waals surface area contributed by atoms with Crippen molar-refractivity contribution in [2.45, 2.75) is 167 Å². The summed E-state index contributed by atoms with van der Waals surface area (Å²) in [6.45, 7) is 2.48. The molecule has 12 nitrogen and oxygen atoms in total. The number of aliphatic hydroxyl groups is 1. The van der Waals surface area contributed by atoms with Crippen molar-refractivity contribution >= 4 is 25.7 Å². The summed E-state index contributed by atoms with van der Waals surface area (Å²) < 4.78 is 32.5. The summed E-state index contributed by atoms with van der Waals surface area (Å²) >= 11 is 0. The van der Waals surface area contributed by atoms with Gasteiger partial charge in [0.05, 0.1) is 19.3 Å². The number of aliphatic carboxylic acids is 1. The Morgan fingerprint density at radius 2 is 1.19 bits per heavy atom. The summed E-state index contributed by atoms with van der Waals surface area (Å²) in [5, 5.41) is 19.1. The summed E-state index contributed by atoms with van der Waals surface area (Å²) in [7, 11) is -4.76. The van der Waals surface area contributed by atoms with Crippen molar-refractivity contribution in [3.05, 3.63) is 85.1 Å². The van der Waals surface area contributed by atoms with Crippen LogP contribution in [0.1, 0.15) is 149 Å². The van der Waals surface area contributed by atoms with E-state index in [0.717, 1.165) is 64.2 Å². The van der Waals surface area contributed by atoms with E-state index in [1.807, 2.05) is 12.2 Å². The quantitative estimate of drug-likeness (QED) is 0.0151. The van der Waals surface area contributed by atoms with Crippen molar-refractivity contribution in [3.63, 3.8) is 0 Å². The number of rotatable bonds is 39. The number of nitrogens with two attached hydrogens (primary N) is 1. The van der Waals surface area contributed by atoms with Crippen LogP contribution in [0.2, 0.25) is 0 Å². The number of allylic oxidation sites excluding steroid dienone is 12. The Kier molecular flexibility index (Phi) is 37.8. The van der Waals surface area contributed by atoms with Crippen molar-refractivity contribution in [2.24, 2.45) is 5.73 Å². The van der Waals surface area contributed by atoms with Crippen molar-refractivity contribution in [2.75, 3.05) is 19.8 Å². The van der Waals surface area contributed by atoms with Crippen molar-refractivity contribution in [1.29, 1.82) is 0 Å². The molecular weight excluding hydrogens is 773 g/mol. The van der Waals surface area contributed by atoms with Gasteiger partial charge in [0, 0.05) is 12.8 Å². The number of carbonyl (C=O) groups is 3. The number of aliphatic hydroxyl groups excluding tert-OH is 1. The van der Waals surface area contributed by atoms with Crippen LogP contribution in [0.25, 0.3) is 0 Å². The zero-order valence-electron chi connectivity index (χ0n) is 35.9. The van der Waals surface area contributed by atoms with Gasteiger partial charge in [0.2, 0.25) is 0 Å². The van der Waals surface area contributed by atoms with Crippen LogP contribution >= 0.6 is 7.82 Å². The van der Waals surface area contributed by atoms with Gasteiger partial charge in [-0.15, -0.1) is 0 Å². The van der Waals surface area contributed by atoms with Crippen LogP contribution in [0.15, 0.2) is 85.1 Å². The van der Waals surface area contributed by atoms with Gasteiger partial charge < -0.3 is 30.3 Å². The molecule has 336 valence electrons. The van der Waals surface area contributed by atoms with E-state index in [2.05, 4.69) is 67.0 Å². The minimum absolute atomic E-state index is 0.00943. The second-order valence-corrected chi connectivity index (χ2v) is 15.7. The lowest BCUT2D eigenvalue weighted by molar-refractivity contribution is -0.161. The van der Waals surface area contributed by atoms with Gasteiger partial charge in [-0.1, -0.05) is 150 Å². The highest BCUT2D eigenvalue weighted by molar-refractivity contribution is 7.47. The lowest BCUT2D eigenvalue weighted by Gasteiger charge is -2.20. The molecule has 0 fully saturated rings. The Morgan fingerprint density at radius 1 is 0.627 bits per heavy atom. The van der Waals surface area contributed by atoms with E-state index in [4.69, 9.17) is 24.8 Å². The minimum Gasteiger partial charge on any atom is -0.480 e. The van der Waals surface area contributed by atoms with E-state index < -0.39 is 63.8 Å². The molecule has 4 atom stereocenters. The molecule has 13 heteroatoms. The number of phosphoric ester groups is 1. The zero-order valence-corrected chi connectivity index (χ0v) is 36.8. The first-order valence-electron chi connectivity index (χ1n) is 21.7. The first-order chi connectivity index (χ1) is 28.5. The van der Waals surface area contributed by atoms with Gasteiger partial charge in [0.15, 0.2) is 6.10 Å². The van der Waals surface area contributed by atoms with E-state index in [1.54, 1.807) is 24.3 Å². The fraction of sp³-hybridized carbons (Fsp3) is 0.630. The lowest BCUT2D eigenvalue weighted by Crippen LogP contribution is -2.34. The number of ether oxygens (including phenoxy) is 2. The molecule has 0 rings (SSSR count). The van der Waals surface area contributed by atoms with Crippen molar-refractivity contribution in [3.8, 4) is 0 Å². The number of phosphoric acid groups is 1. The molecule has 2 unspecified atom stereocenters. The van der Waals surface area contributed by atoms with Crippen LogP contribution in [0.5, 0.6) is 0 Å². The lowest BCUT2D eigenvalue weighted by atomic mass is 10.1. The molecule has 0 aliphatic heterocycles. The zero-order chi connectivity index (χ0) is 43.7. The molecule has 0 aliphatic rings. The summed E-state index contributed by atoms with van der Waals surface area (Å²) in [6.07, 6.45) is 45.4. The van der Waals surface area contributed by atoms with Crippen LogP contribution in [0, 0.1) is 0 Å². The molecule has 0 saturated carbocycles. The Balaban J connectivity index is 4.61. The molecule has 0 aromatic carbocycles. The summed E-state index contributed by atoms with van der Waals surface area (Å²) in [6, 6.07) is -1.55. The third-order valence-electron chi connectivity index (χ3n) is 8.72. The van der Waals surface area contributed by atoms with Gasteiger partial charge in [-0.2, -0.15) is 0 Å². The second kappa shape index (κ2) is 40.0. The van der Waals surface area contributed by atoms with E-state index >= 15 is 0 Å². The molecule has 0 heterocycles. The van der Waals surface area contributed by atoms with Crippen LogP contribution in [0.3, 0.4) is 0 Å². The van der Waals surface area contributed by atoms with E-state index in [1.165, 1.54) is 38.5 Å². The number of unbranched alkanes of at least 4 members (excludes halogenated alkanes) is 11. The topological polar surface area (TPSA) is 192 Å². The molecule has 0 saturated heterocycles. The smallest absolute Gasteiger partial charge is 0.472 e. The number of carboxylic acids is 1. The average Bonchev–Trinajstić information content (AvgIpc) is 3.21. The highest BCUT2D eigenvalue weighted by Gasteiger charge is 2.28. The summed E-state index contributed by atoms with van der Waals surface area (Å²) in [5.74, 6) is -2.60. The van der Waals surface area contributed by atoms with E-state index in [9.17, 15) is 28.9 Å². The normalized spacial score (nSPS) is 15.1. The first-order valence-corrected chi connectivity index (χ1v) is 23.2. The third kappa shape index (κ3) is 39.8. The first kappa shape index (κ1) is 55.6. The van der Waals surface area contributed by atoms with Crippen molar-refractivity contribution in [1.82, 2.24) is 0 Å². The predicted octanol–water partition coefficient (Wildman–Crippen LogP) is 10.5. The standard InChI is InChI=1S/C46H76NO11P/c1-3-5-7-9-11-13-15-17-18-20-22-24-26-28-32-37-45(50)58-42(39-56-59(53,54)57-40-43(47)46(51)52)38-55-44(49)36-33-29-31-35-41(48)34-30-27-25-23-21-19-16-14-12-10-8-6-4-2/h6,8,12,14,17-19,21,25,27,29-31,34,41-43,48H,3-5,7,9-11,13,15-16,20,22-24,26,28,32-33,35-40,47H2,1-2H3,(H,51,52)(H,53,54)/b8-6-,14-12-,18-17-,21-19-,27-25-,31-29-,34-30-/t41?,42-,43+/m1/s1. The Bertz CT molecular complexity index is 1340. The van der Waals surface area contributed by atoms with Crippen LogP contribution in [0.4, 0.5) is 0 Å². The molecule has 59 heavy (non-hydrogen) atoms. The largest absolute Gasteiger partial charge is 0.480 e. The molecular formula is C46H76NO11P. The van der Waals surface area contributed by atoms with Crippen LogP contribution < -0.4 is 5.73 Å². The SMILES string of the molecule is CC/C=C\C/C=C\C/C=C\C/C=C\C=C/C(O)C/C=C\CCC(=O)OC[C@H](COP(=O)(O)OC[C@H](N)C(=O)O)OC(=O)CCCCCCC/C=C\CCCCCCCC. The monoisotopic (exact) mass is 850 g/mol. The number of hydrogen-bond acceptors (Lipinski definition) is 10. The van der Waals surface area contributed by atoms with E-state index in [-0.39, 0.29) is 12.8 Å². The number of hydrogen-bond donors (Lipinski definition) is 4. The molecule has 0 bridgehead atoms. The van der Waals surface area contributed by atoms with Crippen molar-refractivity contribution < 1.29 is 52.6 Å². The second-order valence-electron chi connectivity index (χ2n) is 14.3. The Hall–Kier alpha value is -3.38. The van der Waals surface area contributed by atoms with Gasteiger partial charge in [0.25, 0.3) is 0 Å². The molecule has 0 amide bonds. The molecule has 0 spiro atoms. The fourth-order valence-electron chi connectivity index (χ4n) is 5.29. The average molecular weight is 850 g/mol. The molecule has 5 N–H and O–H groups in total. The maximum Gasteiger partial charge on any atom is 0.472 e. The van der Waals surface area contributed by atoms with Gasteiger partial charge in [-0.3, -0.25) is 23.4 Å². The van der Waals surface area contributed by atoms with Crippen LogP contribution in [-0.4, -0.2) is 71.1 Å².